The minimum Gasteiger partial charge on any atom is -0.383 e. The summed E-state index contributed by atoms with van der Waals surface area (Å²) in [6.45, 7) is 2.73. The Bertz CT molecular complexity index is 1710. The largest absolute Gasteiger partial charge is 0.383 e. The Kier molecular flexibility index (Phi) is 7.15. The van der Waals surface area contributed by atoms with Gasteiger partial charge >= 0.3 is 0 Å². The fourth-order valence-corrected chi connectivity index (χ4v) is 7.04. The lowest BCUT2D eigenvalue weighted by molar-refractivity contribution is -0.114. The number of ether oxygens (including phenoxy) is 1. The molecule has 0 saturated heterocycles. The van der Waals surface area contributed by atoms with Gasteiger partial charge in [-0.15, -0.1) is 0 Å². The molecule has 1 aliphatic rings. The normalized spacial score (nSPS) is 13.6. The summed E-state index contributed by atoms with van der Waals surface area (Å²) in [5, 5.41) is 2.76. The quantitative estimate of drug-likeness (QED) is 0.376. The molecule has 0 atom stereocenters. The minimum atomic E-state index is -3.76. The highest BCUT2D eigenvalue weighted by Crippen LogP contribution is 2.32. The Morgan fingerprint density at radius 3 is 2.58 bits per heavy atom. The van der Waals surface area contributed by atoms with Crippen molar-refractivity contribution in [3.8, 4) is 0 Å². The maximum atomic E-state index is 13.3. The molecule has 0 spiro atoms. The molecule has 0 saturated carbocycles. The lowest BCUT2D eigenvalue weighted by atomic mass is 10.2. The van der Waals surface area contributed by atoms with Crippen LogP contribution in [-0.4, -0.2) is 45.1 Å². The molecule has 38 heavy (non-hydrogen) atoms. The number of fused-ring (bicyclic) bond motifs is 2. The zero-order valence-electron chi connectivity index (χ0n) is 20.9. The van der Waals surface area contributed by atoms with Gasteiger partial charge in [-0.3, -0.25) is 13.9 Å². The number of carbonyl (C=O) groups is 2. The Morgan fingerprint density at radius 2 is 1.84 bits per heavy atom. The number of amides is 2. The van der Waals surface area contributed by atoms with Crippen LogP contribution in [0.3, 0.4) is 0 Å². The molecule has 196 valence electrons. The van der Waals surface area contributed by atoms with E-state index in [0.29, 0.717) is 42.3 Å². The second-order valence-electron chi connectivity index (χ2n) is 8.79. The average Bonchev–Trinajstić information content (AvgIpc) is 3.48. The van der Waals surface area contributed by atoms with E-state index >= 15 is 0 Å². The van der Waals surface area contributed by atoms with Crippen molar-refractivity contribution in [3.63, 3.8) is 0 Å². The van der Waals surface area contributed by atoms with Gasteiger partial charge in [-0.2, -0.15) is 4.99 Å². The van der Waals surface area contributed by atoms with E-state index in [9.17, 15) is 18.0 Å². The van der Waals surface area contributed by atoms with E-state index in [2.05, 4.69) is 10.3 Å². The first-order chi connectivity index (χ1) is 18.3. The highest BCUT2D eigenvalue weighted by Gasteiger charge is 2.30. The molecule has 0 bridgehead atoms. The predicted octanol–water partition coefficient (Wildman–Crippen LogP) is 3.80. The van der Waals surface area contributed by atoms with E-state index < -0.39 is 15.9 Å². The Morgan fingerprint density at radius 1 is 1.08 bits per heavy atom. The minimum absolute atomic E-state index is 0.119. The molecule has 1 aromatic heterocycles. The highest BCUT2D eigenvalue weighted by atomic mass is 32.2. The summed E-state index contributed by atoms with van der Waals surface area (Å²) in [6, 6.07) is 18.8. The lowest BCUT2D eigenvalue weighted by Gasteiger charge is -2.19. The molecule has 0 aliphatic carbocycles. The van der Waals surface area contributed by atoms with E-state index in [1.165, 1.54) is 46.8 Å². The van der Waals surface area contributed by atoms with E-state index in [4.69, 9.17) is 4.74 Å². The van der Waals surface area contributed by atoms with Crippen molar-refractivity contribution in [2.24, 2.45) is 4.99 Å². The van der Waals surface area contributed by atoms with Gasteiger partial charge in [0.1, 0.15) is 0 Å². The average molecular weight is 551 g/mol. The molecule has 11 heteroatoms. The first-order valence-corrected chi connectivity index (χ1v) is 14.2. The van der Waals surface area contributed by atoms with Crippen molar-refractivity contribution in [2.75, 3.05) is 29.9 Å². The van der Waals surface area contributed by atoms with Crippen LogP contribution >= 0.6 is 11.3 Å². The highest BCUT2D eigenvalue weighted by molar-refractivity contribution is 7.92. The third-order valence-electron chi connectivity index (χ3n) is 6.25. The first-order valence-electron chi connectivity index (χ1n) is 12.0. The monoisotopic (exact) mass is 550 g/mol. The molecule has 4 aromatic rings. The third kappa shape index (κ3) is 5.00. The molecule has 2 heterocycles. The fourth-order valence-electron chi connectivity index (χ4n) is 4.44. The number of hydrogen-bond acceptors (Lipinski definition) is 6. The number of para-hydroxylation sites is 1. The number of nitrogens with zero attached hydrogens (tertiary/aromatic N) is 3. The van der Waals surface area contributed by atoms with Gasteiger partial charge in [0.2, 0.25) is 5.91 Å². The van der Waals surface area contributed by atoms with Crippen molar-refractivity contribution in [3.05, 3.63) is 82.7 Å². The summed E-state index contributed by atoms with van der Waals surface area (Å²) >= 11 is 1.32. The van der Waals surface area contributed by atoms with Gasteiger partial charge in [0, 0.05) is 38.4 Å². The van der Waals surface area contributed by atoms with Crippen LogP contribution in [0.15, 0.2) is 76.6 Å². The van der Waals surface area contributed by atoms with Crippen LogP contribution in [0.1, 0.15) is 22.8 Å². The number of methoxy groups -OCH3 is 1. The zero-order valence-corrected chi connectivity index (χ0v) is 22.5. The van der Waals surface area contributed by atoms with Crippen molar-refractivity contribution in [2.45, 2.75) is 24.8 Å². The zero-order chi connectivity index (χ0) is 26.9. The second kappa shape index (κ2) is 10.5. The second-order valence-corrected chi connectivity index (χ2v) is 11.7. The van der Waals surface area contributed by atoms with Crippen LogP contribution in [0.5, 0.6) is 0 Å². The van der Waals surface area contributed by atoms with Crippen LogP contribution in [0.4, 0.5) is 11.4 Å². The number of benzene rings is 3. The summed E-state index contributed by atoms with van der Waals surface area (Å²) in [6.07, 6.45) is 0.662. The summed E-state index contributed by atoms with van der Waals surface area (Å²) in [5.41, 5.74) is 3.48. The molecule has 1 N–H and O–H groups in total. The van der Waals surface area contributed by atoms with Crippen molar-refractivity contribution < 1.29 is 22.7 Å². The van der Waals surface area contributed by atoms with E-state index in [-0.39, 0.29) is 16.4 Å². The summed E-state index contributed by atoms with van der Waals surface area (Å²) in [5.74, 6) is -0.659. The standard InChI is InChI=1S/C27H26N4O5S2/c1-18(32)28-21-9-12-24-25(17-21)37-27(30(24)15-16-36-2)29-26(33)20-7-10-22(11-8-20)38(34,35)31-14-13-19-5-3-4-6-23(19)31/h3-12,17H,13-16H2,1-2H3,(H,28,32). The number of anilines is 2. The van der Waals surface area contributed by atoms with Gasteiger partial charge in [-0.25, -0.2) is 8.42 Å². The molecule has 0 unspecified atom stereocenters. The summed E-state index contributed by atoms with van der Waals surface area (Å²) < 4.78 is 36.0. The topological polar surface area (TPSA) is 110 Å². The molecule has 3 aromatic carbocycles. The Hall–Kier alpha value is -3.80. The Balaban J connectivity index is 1.45. The van der Waals surface area contributed by atoms with Crippen LogP contribution in [0.2, 0.25) is 0 Å². The van der Waals surface area contributed by atoms with Crippen molar-refractivity contribution >= 4 is 54.8 Å². The van der Waals surface area contributed by atoms with Gasteiger partial charge < -0.3 is 14.6 Å². The maximum Gasteiger partial charge on any atom is 0.279 e. The lowest BCUT2D eigenvalue weighted by Crippen LogP contribution is -2.29. The molecular weight excluding hydrogens is 524 g/mol. The van der Waals surface area contributed by atoms with E-state index in [0.717, 1.165) is 15.8 Å². The van der Waals surface area contributed by atoms with Crippen LogP contribution < -0.4 is 14.4 Å². The molecule has 0 fully saturated rings. The molecule has 1 aliphatic heterocycles. The van der Waals surface area contributed by atoms with Gasteiger partial charge in [0.25, 0.3) is 15.9 Å². The van der Waals surface area contributed by atoms with Crippen LogP contribution in [-0.2, 0) is 32.5 Å². The smallest absolute Gasteiger partial charge is 0.279 e. The number of thiazole rings is 1. The van der Waals surface area contributed by atoms with Gasteiger partial charge in [0.05, 0.1) is 27.4 Å². The van der Waals surface area contributed by atoms with Crippen LogP contribution in [0.25, 0.3) is 10.2 Å². The van der Waals surface area contributed by atoms with Crippen LogP contribution in [0, 0.1) is 0 Å². The number of nitrogens with one attached hydrogen (secondary N) is 1. The van der Waals surface area contributed by atoms with E-state index in [1.807, 2.05) is 34.9 Å². The van der Waals surface area contributed by atoms with Gasteiger partial charge in [0.15, 0.2) is 4.80 Å². The number of carbonyl (C=O) groups excluding carboxylic acids is 2. The number of sulfonamides is 1. The Labute approximate surface area is 224 Å². The summed E-state index contributed by atoms with van der Waals surface area (Å²) in [7, 11) is -2.16. The van der Waals surface area contributed by atoms with Crippen molar-refractivity contribution in [1.82, 2.24) is 4.57 Å². The third-order valence-corrected chi connectivity index (χ3v) is 9.12. The molecule has 9 nitrogen and oxygen atoms in total. The predicted molar refractivity (Wildman–Crippen MR) is 147 cm³/mol. The number of hydrogen-bond donors (Lipinski definition) is 1. The number of rotatable bonds is 7. The maximum absolute atomic E-state index is 13.3. The molecule has 2 amide bonds. The molecule has 0 radical (unpaired) electrons. The van der Waals surface area contributed by atoms with E-state index in [1.54, 1.807) is 19.2 Å². The molecule has 5 rings (SSSR count). The SMILES string of the molecule is COCCn1c(=NC(=O)c2ccc(S(=O)(=O)N3CCc4ccccc43)cc2)sc2cc(NC(C)=O)ccc21. The summed E-state index contributed by atoms with van der Waals surface area (Å²) in [4.78, 5) is 29.5. The molecular formula is C27H26N4O5S2. The number of aromatic nitrogens is 1. The van der Waals surface area contributed by atoms with Gasteiger partial charge in [-0.05, 0) is 60.5 Å². The van der Waals surface area contributed by atoms with Crippen molar-refractivity contribution in [1.29, 1.82) is 0 Å². The fraction of sp³-hybridized carbons (Fsp3) is 0.222. The first kappa shape index (κ1) is 25.8. The van der Waals surface area contributed by atoms with Gasteiger partial charge in [-0.1, -0.05) is 29.5 Å².